The summed E-state index contributed by atoms with van der Waals surface area (Å²) in [7, 11) is 0. The molecule has 4 aliphatic rings. The topological polar surface area (TPSA) is 9.23 Å². The second-order valence-corrected chi connectivity index (χ2v) is 8.56. The van der Waals surface area contributed by atoms with Crippen molar-refractivity contribution in [3.63, 3.8) is 0 Å². The summed E-state index contributed by atoms with van der Waals surface area (Å²) < 4.78 is 6.56. The number of rotatable bonds is 4. The molecule has 0 aliphatic heterocycles. The van der Waals surface area contributed by atoms with Crippen LogP contribution in [0.25, 0.3) is 0 Å². The van der Waals surface area contributed by atoms with E-state index in [4.69, 9.17) is 4.74 Å². The zero-order chi connectivity index (χ0) is 14.7. The molecule has 5 rings (SSSR count). The van der Waals surface area contributed by atoms with E-state index in [0.717, 1.165) is 41.9 Å². The fraction of sp³-hybridized carbons (Fsp3) is 0.714. The van der Waals surface area contributed by atoms with Crippen molar-refractivity contribution in [2.75, 3.05) is 0 Å². The number of benzene rings is 1. The van der Waals surface area contributed by atoms with E-state index in [9.17, 15) is 0 Å². The van der Waals surface area contributed by atoms with Gasteiger partial charge in [-0.3, -0.25) is 0 Å². The van der Waals surface area contributed by atoms with Crippen LogP contribution in [0.1, 0.15) is 44.6 Å². The molecule has 8 atom stereocenters. The van der Waals surface area contributed by atoms with Crippen molar-refractivity contribution in [1.82, 2.24) is 0 Å². The predicted octanol–water partition coefficient (Wildman–Crippen LogP) is 4.70. The molecule has 1 aromatic rings. The third-order valence-electron chi connectivity index (χ3n) is 7.45. The molecule has 0 saturated heterocycles. The maximum absolute atomic E-state index is 6.56. The maximum Gasteiger partial charge on any atom is 0.0612 e. The molecule has 0 N–H and O–H groups in total. The van der Waals surface area contributed by atoms with Gasteiger partial charge in [-0.05, 0) is 86.5 Å². The van der Waals surface area contributed by atoms with Crippen LogP contribution in [-0.2, 0) is 11.2 Å². The lowest BCUT2D eigenvalue weighted by Crippen LogP contribution is -2.38. The lowest BCUT2D eigenvalue weighted by Gasteiger charge is -2.39. The van der Waals surface area contributed by atoms with Crippen LogP contribution in [0.15, 0.2) is 30.3 Å². The Balaban J connectivity index is 1.25. The van der Waals surface area contributed by atoms with Crippen molar-refractivity contribution >= 4 is 0 Å². The van der Waals surface area contributed by atoms with Gasteiger partial charge in [0.1, 0.15) is 0 Å². The second kappa shape index (κ2) is 5.09. The first-order valence-corrected chi connectivity index (χ1v) is 9.49. The molecule has 0 amide bonds. The molecule has 8 unspecified atom stereocenters. The molecule has 4 saturated carbocycles. The standard InChI is InChI=1S/C21H28O/c1-13(9-14-5-3-2-4-6-14)22-19-12-17-11-18(19)21-16-8-7-15(10-16)20(17)21/h2-6,13,15-21H,7-12H2,1H3. The molecular weight excluding hydrogens is 268 g/mol. The monoisotopic (exact) mass is 296 g/mol. The van der Waals surface area contributed by atoms with Gasteiger partial charge in [0.25, 0.3) is 0 Å². The van der Waals surface area contributed by atoms with Crippen molar-refractivity contribution in [3.8, 4) is 0 Å². The first-order valence-electron chi connectivity index (χ1n) is 9.49. The first kappa shape index (κ1) is 13.6. The molecule has 0 spiro atoms. The Kier molecular flexibility index (Phi) is 3.15. The van der Waals surface area contributed by atoms with E-state index in [1.54, 1.807) is 12.8 Å². The molecule has 0 aromatic heterocycles. The lowest BCUT2D eigenvalue weighted by molar-refractivity contribution is -0.0622. The zero-order valence-electron chi connectivity index (χ0n) is 13.7. The van der Waals surface area contributed by atoms with E-state index in [1.807, 2.05) is 0 Å². The summed E-state index contributed by atoms with van der Waals surface area (Å²) in [6.45, 7) is 2.28. The first-order chi connectivity index (χ1) is 10.8. The van der Waals surface area contributed by atoms with E-state index in [0.29, 0.717) is 12.2 Å². The number of fused-ring (bicyclic) bond motifs is 9. The van der Waals surface area contributed by atoms with Crippen LogP contribution in [0.2, 0.25) is 0 Å². The van der Waals surface area contributed by atoms with Crippen LogP contribution in [-0.4, -0.2) is 12.2 Å². The fourth-order valence-electron chi connectivity index (χ4n) is 6.95. The Bertz CT molecular complexity index is 538. The summed E-state index contributed by atoms with van der Waals surface area (Å²) in [6, 6.07) is 10.8. The molecule has 1 heteroatoms. The molecule has 4 fully saturated rings. The Labute approximate surface area is 134 Å². The van der Waals surface area contributed by atoms with Gasteiger partial charge < -0.3 is 4.74 Å². The van der Waals surface area contributed by atoms with Crippen LogP contribution >= 0.6 is 0 Å². The van der Waals surface area contributed by atoms with E-state index < -0.39 is 0 Å². The van der Waals surface area contributed by atoms with Crippen LogP contribution in [0, 0.1) is 35.5 Å². The number of hydrogen-bond donors (Lipinski definition) is 0. The molecule has 118 valence electrons. The summed E-state index contributed by atoms with van der Waals surface area (Å²) in [5.74, 6) is 6.25. The van der Waals surface area contributed by atoms with Gasteiger partial charge in [0.15, 0.2) is 0 Å². The largest absolute Gasteiger partial charge is 0.375 e. The molecule has 0 heterocycles. The van der Waals surface area contributed by atoms with Gasteiger partial charge in [0, 0.05) is 0 Å². The Morgan fingerprint density at radius 2 is 1.73 bits per heavy atom. The van der Waals surface area contributed by atoms with Crippen LogP contribution in [0.3, 0.4) is 0 Å². The molecule has 4 aliphatic carbocycles. The molecule has 22 heavy (non-hydrogen) atoms. The van der Waals surface area contributed by atoms with Crippen LogP contribution < -0.4 is 0 Å². The number of hydrogen-bond acceptors (Lipinski definition) is 1. The number of ether oxygens (including phenoxy) is 1. The molecule has 1 aromatic carbocycles. The van der Waals surface area contributed by atoms with E-state index >= 15 is 0 Å². The highest BCUT2D eigenvalue weighted by Gasteiger charge is 2.62. The van der Waals surface area contributed by atoms with Crippen molar-refractivity contribution in [3.05, 3.63) is 35.9 Å². The van der Waals surface area contributed by atoms with Gasteiger partial charge >= 0.3 is 0 Å². The van der Waals surface area contributed by atoms with E-state index in [1.165, 1.54) is 24.8 Å². The molecular formula is C21H28O. The highest BCUT2D eigenvalue weighted by molar-refractivity contribution is 5.16. The van der Waals surface area contributed by atoms with Gasteiger partial charge in [0.05, 0.1) is 12.2 Å². The van der Waals surface area contributed by atoms with Gasteiger partial charge in [-0.15, -0.1) is 0 Å². The van der Waals surface area contributed by atoms with Gasteiger partial charge in [-0.25, -0.2) is 0 Å². The SMILES string of the molecule is CC(Cc1ccccc1)OC1CC2CC1C1C3CCC(C3)C21. The minimum absolute atomic E-state index is 0.365. The van der Waals surface area contributed by atoms with E-state index in [-0.39, 0.29) is 0 Å². The molecule has 4 bridgehead atoms. The Morgan fingerprint density at radius 1 is 0.955 bits per heavy atom. The van der Waals surface area contributed by atoms with Crippen LogP contribution in [0.5, 0.6) is 0 Å². The van der Waals surface area contributed by atoms with Crippen molar-refractivity contribution in [1.29, 1.82) is 0 Å². The van der Waals surface area contributed by atoms with Crippen molar-refractivity contribution in [2.24, 2.45) is 35.5 Å². The van der Waals surface area contributed by atoms with E-state index in [2.05, 4.69) is 37.3 Å². The van der Waals surface area contributed by atoms with Crippen LogP contribution in [0.4, 0.5) is 0 Å². The minimum Gasteiger partial charge on any atom is -0.375 e. The Hall–Kier alpha value is -0.820. The minimum atomic E-state index is 0.365. The molecule has 1 nitrogen and oxygen atoms in total. The quantitative estimate of drug-likeness (QED) is 0.731. The maximum atomic E-state index is 6.56. The summed E-state index contributed by atoms with van der Waals surface area (Å²) in [6.07, 6.45) is 9.50. The normalized spacial score (nSPS) is 46.1. The smallest absolute Gasteiger partial charge is 0.0612 e. The third kappa shape index (κ3) is 2.01. The lowest BCUT2D eigenvalue weighted by atomic mass is 9.70. The highest BCUT2D eigenvalue weighted by Crippen LogP contribution is 2.67. The second-order valence-electron chi connectivity index (χ2n) is 8.56. The fourth-order valence-corrected chi connectivity index (χ4v) is 6.95. The van der Waals surface area contributed by atoms with Gasteiger partial charge in [-0.1, -0.05) is 30.3 Å². The zero-order valence-corrected chi connectivity index (χ0v) is 13.7. The molecule has 0 radical (unpaired) electrons. The third-order valence-corrected chi connectivity index (χ3v) is 7.45. The predicted molar refractivity (Wildman–Crippen MR) is 88.5 cm³/mol. The van der Waals surface area contributed by atoms with Gasteiger partial charge in [0.2, 0.25) is 0 Å². The summed E-state index contributed by atoms with van der Waals surface area (Å²) in [5, 5.41) is 0. The summed E-state index contributed by atoms with van der Waals surface area (Å²) in [4.78, 5) is 0. The summed E-state index contributed by atoms with van der Waals surface area (Å²) >= 11 is 0. The average Bonchev–Trinajstić information content (AvgIpc) is 3.27. The summed E-state index contributed by atoms with van der Waals surface area (Å²) in [5.41, 5.74) is 1.41. The van der Waals surface area contributed by atoms with Gasteiger partial charge in [-0.2, -0.15) is 0 Å². The van der Waals surface area contributed by atoms with Crippen molar-refractivity contribution in [2.45, 2.75) is 57.7 Å². The van der Waals surface area contributed by atoms with Crippen molar-refractivity contribution < 1.29 is 4.74 Å². The Morgan fingerprint density at radius 3 is 2.55 bits per heavy atom. The average molecular weight is 296 g/mol. The highest BCUT2D eigenvalue weighted by atomic mass is 16.5.